The maximum atomic E-state index is 13.7. The van der Waals surface area contributed by atoms with E-state index >= 15 is 0 Å². The van der Waals surface area contributed by atoms with Crippen LogP contribution in [0.25, 0.3) is 11.3 Å². The molecule has 0 spiro atoms. The molecule has 0 saturated heterocycles. The van der Waals surface area contributed by atoms with Crippen LogP contribution in [0.5, 0.6) is 0 Å². The van der Waals surface area contributed by atoms with Crippen molar-refractivity contribution in [3.05, 3.63) is 83.9 Å². The lowest BCUT2D eigenvalue weighted by atomic mass is 10.1. The van der Waals surface area contributed by atoms with Crippen LogP contribution in [0.1, 0.15) is 17.4 Å². The van der Waals surface area contributed by atoms with Crippen LogP contribution >= 0.6 is 0 Å². The minimum absolute atomic E-state index is 0.305. The Morgan fingerprint density at radius 1 is 0.957 bits per heavy atom. The van der Waals surface area contributed by atoms with Crippen molar-refractivity contribution in [1.29, 1.82) is 0 Å². The highest BCUT2D eigenvalue weighted by atomic mass is 19.1. The second-order valence-corrected chi connectivity index (χ2v) is 5.30. The van der Waals surface area contributed by atoms with E-state index in [1.807, 2.05) is 36.4 Å². The van der Waals surface area contributed by atoms with Crippen LogP contribution < -0.4 is 5.32 Å². The van der Waals surface area contributed by atoms with Gasteiger partial charge in [-0.05, 0) is 29.8 Å². The minimum atomic E-state index is -0.572. The largest absolute Gasteiger partial charge is 0.460 e. The van der Waals surface area contributed by atoms with E-state index in [-0.39, 0.29) is 5.82 Å². The predicted octanol–water partition coefficient (Wildman–Crippen LogP) is 3.91. The summed E-state index contributed by atoms with van der Waals surface area (Å²) in [5, 5.41) is 13.2. The Morgan fingerprint density at radius 3 is 2.48 bits per heavy atom. The Kier molecular flexibility index (Phi) is 4.86. The smallest absolute Gasteiger partial charge is 0.137 e. The topological polar surface area (TPSA) is 45.4 Å². The Morgan fingerprint density at radius 2 is 1.70 bits per heavy atom. The van der Waals surface area contributed by atoms with Gasteiger partial charge in [-0.2, -0.15) is 0 Å². The van der Waals surface area contributed by atoms with Crippen LogP contribution in [-0.2, 0) is 6.54 Å². The molecule has 0 bridgehead atoms. The summed E-state index contributed by atoms with van der Waals surface area (Å²) < 4.78 is 19.4. The second kappa shape index (κ2) is 7.22. The van der Waals surface area contributed by atoms with Gasteiger partial charge in [-0.15, -0.1) is 0 Å². The van der Waals surface area contributed by atoms with Crippen molar-refractivity contribution >= 4 is 0 Å². The van der Waals surface area contributed by atoms with Crippen molar-refractivity contribution < 1.29 is 13.9 Å². The molecule has 1 atom stereocenters. The summed E-state index contributed by atoms with van der Waals surface area (Å²) in [5.41, 5.74) is 1.31. The molecule has 0 aliphatic rings. The highest BCUT2D eigenvalue weighted by Crippen LogP contribution is 2.24. The standard InChI is InChI=1S/C19H18FNO2/c20-17-9-5-4-8-16(17)19-11-10-15(23-19)12-21-13-18(22)14-6-2-1-3-7-14/h1-11,18,21-22H,12-13H2. The Hall–Kier alpha value is -2.43. The third-order valence-electron chi connectivity index (χ3n) is 3.62. The first kappa shape index (κ1) is 15.5. The van der Waals surface area contributed by atoms with Crippen molar-refractivity contribution in [2.24, 2.45) is 0 Å². The monoisotopic (exact) mass is 311 g/mol. The Labute approximate surface area is 134 Å². The third kappa shape index (κ3) is 3.86. The zero-order valence-electron chi connectivity index (χ0n) is 12.6. The molecular weight excluding hydrogens is 293 g/mol. The molecule has 2 N–H and O–H groups in total. The van der Waals surface area contributed by atoms with Gasteiger partial charge < -0.3 is 14.8 Å². The van der Waals surface area contributed by atoms with Gasteiger partial charge in [0.15, 0.2) is 0 Å². The molecule has 4 heteroatoms. The number of nitrogens with one attached hydrogen (secondary N) is 1. The summed E-state index contributed by atoms with van der Waals surface area (Å²) in [4.78, 5) is 0. The lowest BCUT2D eigenvalue weighted by Crippen LogP contribution is -2.20. The van der Waals surface area contributed by atoms with E-state index in [1.165, 1.54) is 6.07 Å². The fourth-order valence-electron chi connectivity index (χ4n) is 2.40. The first-order valence-corrected chi connectivity index (χ1v) is 7.51. The van der Waals surface area contributed by atoms with Gasteiger partial charge in [0.2, 0.25) is 0 Å². The van der Waals surface area contributed by atoms with Crippen molar-refractivity contribution in [2.75, 3.05) is 6.54 Å². The molecule has 0 radical (unpaired) electrons. The first-order chi connectivity index (χ1) is 11.2. The molecule has 1 aromatic heterocycles. The van der Waals surface area contributed by atoms with Crippen LogP contribution in [0, 0.1) is 5.82 Å². The van der Waals surface area contributed by atoms with Gasteiger partial charge in [-0.1, -0.05) is 42.5 Å². The molecule has 0 amide bonds. The number of benzene rings is 2. The number of aliphatic hydroxyl groups excluding tert-OH is 1. The molecule has 3 aromatic rings. The molecule has 1 heterocycles. The molecule has 0 aliphatic heterocycles. The number of rotatable bonds is 6. The normalized spacial score (nSPS) is 12.3. The SMILES string of the molecule is OC(CNCc1ccc(-c2ccccc2F)o1)c1ccccc1. The van der Waals surface area contributed by atoms with E-state index < -0.39 is 6.10 Å². The van der Waals surface area contributed by atoms with Crippen LogP contribution in [0.2, 0.25) is 0 Å². The van der Waals surface area contributed by atoms with E-state index in [2.05, 4.69) is 5.32 Å². The van der Waals surface area contributed by atoms with Gasteiger partial charge in [0.05, 0.1) is 18.2 Å². The Bertz CT molecular complexity index is 755. The molecule has 0 fully saturated rings. The van der Waals surface area contributed by atoms with Gasteiger partial charge in [-0.3, -0.25) is 0 Å². The maximum Gasteiger partial charge on any atom is 0.137 e. The number of furan rings is 1. The summed E-state index contributed by atoms with van der Waals surface area (Å²) in [6.45, 7) is 0.887. The summed E-state index contributed by atoms with van der Waals surface area (Å²) in [7, 11) is 0. The Balaban J connectivity index is 1.57. The summed E-state index contributed by atoms with van der Waals surface area (Å²) in [6.07, 6.45) is -0.572. The third-order valence-corrected chi connectivity index (χ3v) is 3.62. The molecule has 3 rings (SSSR count). The average Bonchev–Trinajstić information content (AvgIpc) is 3.04. The van der Waals surface area contributed by atoms with E-state index in [0.29, 0.717) is 30.2 Å². The van der Waals surface area contributed by atoms with E-state index in [1.54, 1.807) is 24.3 Å². The molecular formula is C19H18FNO2. The van der Waals surface area contributed by atoms with Crippen LogP contribution in [-0.4, -0.2) is 11.7 Å². The fourth-order valence-corrected chi connectivity index (χ4v) is 2.40. The van der Waals surface area contributed by atoms with E-state index in [0.717, 1.165) is 5.56 Å². The molecule has 0 aliphatic carbocycles. The van der Waals surface area contributed by atoms with E-state index in [9.17, 15) is 9.50 Å². The first-order valence-electron chi connectivity index (χ1n) is 7.51. The zero-order valence-corrected chi connectivity index (χ0v) is 12.6. The quantitative estimate of drug-likeness (QED) is 0.725. The average molecular weight is 311 g/mol. The number of halogens is 1. The number of hydrogen-bond donors (Lipinski definition) is 2. The van der Waals surface area contributed by atoms with E-state index in [4.69, 9.17) is 4.42 Å². The molecule has 118 valence electrons. The van der Waals surface area contributed by atoms with Crippen molar-refractivity contribution in [3.63, 3.8) is 0 Å². The molecule has 0 saturated carbocycles. The van der Waals surface area contributed by atoms with Crippen LogP contribution in [0.15, 0.2) is 71.1 Å². The molecule has 3 nitrogen and oxygen atoms in total. The van der Waals surface area contributed by atoms with Gasteiger partial charge >= 0.3 is 0 Å². The number of hydrogen-bond acceptors (Lipinski definition) is 3. The maximum absolute atomic E-state index is 13.7. The lowest BCUT2D eigenvalue weighted by Gasteiger charge is -2.11. The minimum Gasteiger partial charge on any atom is -0.460 e. The second-order valence-electron chi connectivity index (χ2n) is 5.30. The number of aliphatic hydroxyl groups is 1. The summed E-state index contributed by atoms with van der Waals surface area (Å²) in [5.74, 6) is 0.896. The van der Waals surface area contributed by atoms with Crippen molar-refractivity contribution in [3.8, 4) is 11.3 Å². The predicted molar refractivity (Wildman–Crippen MR) is 87.2 cm³/mol. The molecule has 1 unspecified atom stereocenters. The lowest BCUT2D eigenvalue weighted by molar-refractivity contribution is 0.173. The molecule has 23 heavy (non-hydrogen) atoms. The summed E-state index contributed by atoms with van der Waals surface area (Å²) in [6, 6.07) is 19.5. The highest BCUT2D eigenvalue weighted by molar-refractivity contribution is 5.58. The molecule has 2 aromatic carbocycles. The van der Waals surface area contributed by atoms with Crippen LogP contribution in [0.4, 0.5) is 4.39 Å². The van der Waals surface area contributed by atoms with Gasteiger partial charge in [0.1, 0.15) is 17.3 Å². The van der Waals surface area contributed by atoms with Crippen molar-refractivity contribution in [1.82, 2.24) is 5.32 Å². The van der Waals surface area contributed by atoms with Crippen molar-refractivity contribution in [2.45, 2.75) is 12.6 Å². The van der Waals surface area contributed by atoms with Crippen LogP contribution in [0.3, 0.4) is 0 Å². The summed E-state index contributed by atoms with van der Waals surface area (Å²) >= 11 is 0. The van der Waals surface area contributed by atoms with Gasteiger partial charge in [0, 0.05) is 6.54 Å². The van der Waals surface area contributed by atoms with Gasteiger partial charge in [-0.25, -0.2) is 4.39 Å². The van der Waals surface area contributed by atoms with Gasteiger partial charge in [0.25, 0.3) is 0 Å². The highest BCUT2D eigenvalue weighted by Gasteiger charge is 2.10. The fraction of sp³-hybridized carbons (Fsp3) is 0.158. The zero-order chi connectivity index (χ0) is 16.1.